The minimum atomic E-state index is -4.35. The largest absolute Gasteiger partial charge is 0.416 e. The maximum Gasteiger partial charge on any atom is 0.416 e. The standard InChI is InChI=1S/C21H20F3N3O3S2/c1-11-18(32-17(8-28)25-11)16-10-31-20(26-16)27-19(29)13-6-15(7-13)30-9-12-2-4-14(5-3-12)21(22,23)24/h2-5,10,13,15,28H,6-9H2,1H3,(H,26,27,29)/t13-,15+. The Labute approximate surface area is 190 Å². The Morgan fingerprint density at radius 3 is 2.59 bits per heavy atom. The fourth-order valence-corrected chi connectivity index (χ4v) is 4.98. The van der Waals surface area contributed by atoms with Gasteiger partial charge in [0.1, 0.15) is 5.01 Å². The van der Waals surface area contributed by atoms with Gasteiger partial charge >= 0.3 is 6.18 Å². The van der Waals surface area contributed by atoms with E-state index >= 15 is 0 Å². The van der Waals surface area contributed by atoms with Crippen LogP contribution in [0.3, 0.4) is 0 Å². The summed E-state index contributed by atoms with van der Waals surface area (Å²) in [4.78, 5) is 22.1. The van der Waals surface area contributed by atoms with Crippen LogP contribution < -0.4 is 5.32 Å². The van der Waals surface area contributed by atoms with Gasteiger partial charge in [-0.3, -0.25) is 4.79 Å². The van der Waals surface area contributed by atoms with Gasteiger partial charge in [0.05, 0.1) is 41.1 Å². The number of halogens is 3. The number of aliphatic hydroxyl groups excluding tert-OH is 1. The topological polar surface area (TPSA) is 84.3 Å². The van der Waals surface area contributed by atoms with Crippen molar-refractivity contribution < 1.29 is 27.8 Å². The molecule has 6 nitrogen and oxygen atoms in total. The van der Waals surface area contributed by atoms with E-state index in [1.807, 2.05) is 12.3 Å². The lowest BCUT2D eigenvalue weighted by molar-refractivity contribution is -0.137. The Hall–Kier alpha value is -2.34. The van der Waals surface area contributed by atoms with Gasteiger partial charge in [0.25, 0.3) is 0 Å². The lowest BCUT2D eigenvalue weighted by atomic mass is 9.81. The summed E-state index contributed by atoms with van der Waals surface area (Å²) in [5.74, 6) is -0.316. The second-order valence-corrected chi connectivity index (χ2v) is 9.45. The molecular formula is C21H20F3N3O3S2. The van der Waals surface area contributed by atoms with Crippen molar-refractivity contribution >= 4 is 33.7 Å². The summed E-state index contributed by atoms with van der Waals surface area (Å²) in [6.07, 6.45) is -3.35. The Bertz CT molecular complexity index is 1090. The number of amides is 1. The number of hydrogen-bond acceptors (Lipinski definition) is 7. The van der Waals surface area contributed by atoms with E-state index in [4.69, 9.17) is 4.74 Å². The monoisotopic (exact) mass is 483 g/mol. The van der Waals surface area contributed by atoms with Crippen LogP contribution in [-0.4, -0.2) is 27.1 Å². The van der Waals surface area contributed by atoms with E-state index in [9.17, 15) is 23.1 Å². The summed E-state index contributed by atoms with van der Waals surface area (Å²) in [5, 5.41) is 15.0. The number of carbonyl (C=O) groups is 1. The Balaban J connectivity index is 1.24. The second kappa shape index (κ2) is 9.26. The Morgan fingerprint density at radius 1 is 1.25 bits per heavy atom. The van der Waals surface area contributed by atoms with Crippen LogP contribution in [0.25, 0.3) is 10.6 Å². The number of aliphatic hydroxyl groups is 1. The van der Waals surface area contributed by atoms with E-state index in [1.165, 1.54) is 34.8 Å². The quantitative estimate of drug-likeness (QED) is 0.493. The maximum absolute atomic E-state index is 12.6. The number of ether oxygens (including phenoxy) is 1. The van der Waals surface area contributed by atoms with Gasteiger partial charge in [-0.05, 0) is 37.5 Å². The number of rotatable bonds is 7. The minimum absolute atomic E-state index is 0.100. The number of aromatic nitrogens is 2. The van der Waals surface area contributed by atoms with Crippen molar-refractivity contribution in [1.82, 2.24) is 9.97 Å². The molecule has 3 aromatic rings. The molecule has 1 aromatic carbocycles. The zero-order valence-corrected chi connectivity index (χ0v) is 18.6. The third-order valence-corrected chi connectivity index (χ3v) is 7.10. The predicted octanol–water partition coefficient (Wildman–Crippen LogP) is 5.02. The average molecular weight is 484 g/mol. The number of nitrogens with one attached hydrogen (secondary N) is 1. The average Bonchev–Trinajstić information content (AvgIpc) is 3.32. The maximum atomic E-state index is 12.6. The molecule has 11 heteroatoms. The molecule has 0 spiro atoms. The number of nitrogens with zero attached hydrogens (tertiary/aromatic N) is 2. The van der Waals surface area contributed by atoms with Crippen molar-refractivity contribution in [2.24, 2.45) is 5.92 Å². The lowest BCUT2D eigenvalue weighted by Crippen LogP contribution is -2.39. The normalized spacial score (nSPS) is 18.4. The first-order valence-corrected chi connectivity index (χ1v) is 11.5. The van der Waals surface area contributed by atoms with Crippen LogP contribution in [0.15, 0.2) is 29.6 Å². The molecule has 1 amide bonds. The van der Waals surface area contributed by atoms with E-state index in [1.54, 1.807) is 0 Å². The number of carbonyl (C=O) groups excluding carboxylic acids is 1. The molecule has 32 heavy (non-hydrogen) atoms. The lowest BCUT2D eigenvalue weighted by Gasteiger charge is -2.33. The first kappa shape index (κ1) is 22.8. The number of thiazole rings is 2. The summed E-state index contributed by atoms with van der Waals surface area (Å²) < 4.78 is 43.5. The van der Waals surface area contributed by atoms with E-state index in [2.05, 4.69) is 15.3 Å². The Kier molecular flexibility index (Phi) is 6.61. The number of benzene rings is 1. The van der Waals surface area contributed by atoms with Crippen LogP contribution in [0, 0.1) is 12.8 Å². The molecule has 0 aliphatic heterocycles. The van der Waals surface area contributed by atoms with Crippen molar-refractivity contribution in [1.29, 1.82) is 0 Å². The summed E-state index contributed by atoms with van der Waals surface area (Å²) in [7, 11) is 0. The molecule has 4 rings (SSSR count). The van der Waals surface area contributed by atoms with Crippen LogP contribution in [0.5, 0.6) is 0 Å². The second-order valence-electron chi connectivity index (χ2n) is 7.50. The van der Waals surface area contributed by atoms with Crippen LogP contribution >= 0.6 is 22.7 Å². The summed E-state index contributed by atoms with van der Waals surface area (Å²) in [5.41, 5.74) is 1.47. The minimum Gasteiger partial charge on any atom is -0.389 e. The first-order valence-electron chi connectivity index (χ1n) is 9.84. The smallest absolute Gasteiger partial charge is 0.389 e. The fraction of sp³-hybridized carbons (Fsp3) is 0.381. The highest BCUT2D eigenvalue weighted by molar-refractivity contribution is 7.17. The van der Waals surface area contributed by atoms with Crippen molar-refractivity contribution in [3.05, 3.63) is 51.5 Å². The van der Waals surface area contributed by atoms with Gasteiger partial charge in [-0.2, -0.15) is 13.2 Å². The van der Waals surface area contributed by atoms with Gasteiger partial charge in [-0.1, -0.05) is 12.1 Å². The number of aryl methyl sites for hydroxylation is 1. The van der Waals surface area contributed by atoms with Gasteiger partial charge < -0.3 is 15.2 Å². The van der Waals surface area contributed by atoms with Gasteiger partial charge in [0.15, 0.2) is 5.13 Å². The molecule has 0 radical (unpaired) electrons. The summed E-state index contributed by atoms with van der Waals surface area (Å²) in [6, 6.07) is 4.88. The van der Waals surface area contributed by atoms with Crippen LogP contribution in [0.4, 0.5) is 18.3 Å². The first-order chi connectivity index (χ1) is 15.2. The molecule has 170 valence electrons. The molecule has 2 N–H and O–H groups in total. The van der Waals surface area contributed by atoms with Crippen LogP contribution in [-0.2, 0) is 28.9 Å². The van der Waals surface area contributed by atoms with E-state index in [-0.39, 0.29) is 31.1 Å². The summed E-state index contributed by atoms with van der Waals surface area (Å²) >= 11 is 2.69. The van der Waals surface area contributed by atoms with Gasteiger partial charge in [-0.15, -0.1) is 22.7 Å². The van der Waals surface area contributed by atoms with E-state index < -0.39 is 11.7 Å². The third-order valence-electron chi connectivity index (χ3n) is 5.18. The van der Waals surface area contributed by atoms with Crippen LogP contribution in [0.1, 0.15) is 34.7 Å². The third kappa shape index (κ3) is 5.17. The molecule has 0 atom stereocenters. The molecule has 0 unspecified atom stereocenters. The molecule has 1 fully saturated rings. The number of anilines is 1. The highest BCUT2D eigenvalue weighted by Crippen LogP contribution is 2.35. The van der Waals surface area contributed by atoms with Crippen molar-refractivity contribution in [3.63, 3.8) is 0 Å². The van der Waals surface area contributed by atoms with Crippen molar-refractivity contribution in [2.45, 2.75) is 45.3 Å². The highest BCUT2D eigenvalue weighted by Gasteiger charge is 2.36. The molecule has 1 aliphatic carbocycles. The van der Waals surface area contributed by atoms with Crippen molar-refractivity contribution in [3.8, 4) is 10.6 Å². The van der Waals surface area contributed by atoms with Gasteiger partial charge in [-0.25, -0.2) is 9.97 Å². The number of hydrogen-bond donors (Lipinski definition) is 2. The zero-order chi connectivity index (χ0) is 22.9. The summed E-state index contributed by atoms with van der Waals surface area (Å²) in [6.45, 7) is 1.93. The zero-order valence-electron chi connectivity index (χ0n) is 17.0. The van der Waals surface area contributed by atoms with Gasteiger partial charge in [0, 0.05) is 11.3 Å². The van der Waals surface area contributed by atoms with Crippen LogP contribution in [0.2, 0.25) is 0 Å². The van der Waals surface area contributed by atoms with E-state index in [0.717, 1.165) is 22.7 Å². The van der Waals surface area contributed by atoms with E-state index in [0.29, 0.717) is 34.2 Å². The molecule has 0 saturated heterocycles. The molecular weight excluding hydrogens is 463 g/mol. The molecule has 0 bridgehead atoms. The molecule has 1 aliphatic rings. The Morgan fingerprint density at radius 2 is 1.97 bits per heavy atom. The van der Waals surface area contributed by atoms with Gasteiger partial charge in [0.2, 0.25) is 5.91 Å². The number of alkyl halides is 3. The van der Waals surface area contributed by atoms with Crippen molar-refractivity contribution in [2.75, 3.05) is 5.32 Å². The fourth-order valence-electron chi connectivity index (χ4n) is 3.32. The SMILES string of the molecule is Cc1nc(CO)sc1-c1csc(NC(=O)[C@H]2C[C@@H](OCc3ccc(C(F)(F)F)cc3)C2)n1. The molecule has 1 saturated carbocycles. The predicted molar refractivity (Wildman–Crippen MR) is 115 cm³/mol. The molecule has 2 heterocycles. The highest BCUT2D eigenvalue weighted by atomic mass is 32.1. The molecule has 2 aromatic heterocycles.